The molecule has 0 spiro atoms. The van der Waals surface area contributed by atoms with E-state index in [1.165, 1.54) is 18.5 Å². The zero-order chi connectivity index (χ0) is 14.6. The first-order valence-electron chi connectivity index (χ1n) is 5.76. The van der Waals surface area contributed by atoms with Crippen molar-refractivity contribution >= 4 is 16.0 Å². The second kappa shape index (κ2) is 6.16. The van der Waals surface area contributed by atoms with Crippen LogP contribution in [0, 0.1) is 13.8 Å². The van der Waals surface area contributed by atoms with Crippen LogP contribution in [-0.2, 0) is 19.6 Å². The normalized spacial score (nSPS) is 11.8. The summed E-state index contributed by atoms with van der Waals surface area (Å²) in [6.07, 6.45) is 0.573. The maximum Gasteiger partial charge on any atom is 0.305 e. The van der Waals surface area contributed by atoms with E-state index in [9.17, 15) is 13.2 Å². The molecule has 0 saturated heterocycles. The predicted octanol–water partition coefficient (Wildman–Crippen LogP) is 0.865. The number of aromatic nitrogens is 1. The lowest BCUT2D eigenvalue weighted by atomic mass is 10.3. The molecule has 108 valence electrons. The zero-order valence-corrected chi connectivity index (χ0v) is 12.3. The Bertz CT molecular complexity index is 530. The van der Waals surface area contributed by atoms with Gasteiger partial charge in [0, 0.05) is 20.0 Å². The molecule has 8 heteroatoms. The number of esters is 1. The van der Waals surface area contributed by atoms with E-state index >= 15 is 0 Å². The zero-order valence-electron chi connectivity index (χ0n) is 11.5. The van der Waals surface area contributed by atoms with Gasteiger partial charge < -0.3 is 9.26 Å². The molecular formula is C11H18N2O5S. The van der Waals surface area contributed by atoms with Crippen LogP contribution in [0.5, 0.6) is 0 Å². The molecule has 0 atom stereocenters. The van der Waals surface area contributed by atoms with Gasteiger partial charge >= 0.3 is 5.97 Å². The van der Waals surface area contributed by atoms with Gasteiger partial charge in [-0.15, -0.1) is 0 Å². The van der Waals surface area contributed by atoms with Gasteiger partial charge in [-0.2, -0.15) is 0 Å². The van der Waals surface area contributed by atoms with Gasteiger partial charge in [-0.25, -0.2) is 12.7 Å². The van der Waals surface area contributed by atoms with Gasteiger partial charge in [0.05, 0.1) is 7.11 Å². The van der Waals surface area contributed by atoms with E-state index in [1.54, 1.807) is 13.8 Å². The highest BCUT2D eigenvalue weighted by molar-refractivity contribution is 7.89. The first-order chi connectivity index (χ1) is 8.80. The summed E-state index contributed by atoms with van der Waals surface area (Å²) in [5.41, 5.74) is 0.331. The third-order valence-electron chi connectivity index (χ3n) is 2.72. The van der Waals surface area contributed by atoms with E-state index < -0.39 is 10.0 Å². The maximum absolute atomic E-state index is 12.3. The summed E-state index contributed by atoms with van der Waals surface area (Å²) in [6.45, 7) is 3.35. The number of nitrogens with zero attached hydrogens (tertiary/aromatic N) is 2. The quantitative estimate of drug-likeness (QED) is 0.722. The van der Waals surface area contributed by atoms with Crippen molar-refractivity contribution in [3.05, 3.63) is 11.5 Å². The van der Waals surface area contributed by atoms with Crippen molar-refractivity contribution < 1.29 is 22.5 Å². The molecule has 0 fully saturated rings. The molecule has 1 rings (SSSR count). The Kier molecular flexibility index (Phi) is 5.07. The largest absolute Gasteiger partial charge is 0.469 e. The average Bonchev–Trinajstić information content (AvgIpc) is 2.68. The standard InChI is InChI=1S/C11H18N2O5S/c1-8-11(9(2)18-12-8)19(15,16)13(3)7-5-6-10(14)17-4/h5-7H2,1-4H3. The van der Waals surface area contributed by atoms with Crippen LogP contribution in [-0.4, -0.2) is 44.6 Å². The van der Waals surface area contributed by atoms with Gasteiger partial charge in [0.1, 0.15) is 10.6 Å². The lowest BCUT2D eigenvalue weighted by Gasteiger charge is -2.16. The Morgan fingerprint density at radius 1 is 1.42 bits per heavy atom. The highest BCUT2D eigenvalue weighted by Crippen LogP contribution is 2.22. The van der Waals surface area contributed by atoms with Gasteiger partial charge in [0.2, 0.25) is 10.0 Å². The van der Waals surface area contributed by atoms with Crippen molar-refractivity contribution in [2.45, 2.75) is 31.6 Å². The molecule has 0 bridgehead atoms. The Morgan fingerprint density at radius 3 is 2.53 bits per heavy atom. The van der Waals surface area contributed by atoms with E-state index in [-0.39, 0.29) is 29.6 Å². The number of rotatable bonds is 6. The first-order valence-corrected chi connectivity index (χ1v) is 7.20. The van der Waals surface area contributed by atoms with Crippen LogP contribution in [0.1, 0.15) is 24.3 Å². The molecule has 0 aliphatic rings. The van der Waals surface area contributed by atoms with Crippen molar-refractivity contribution in [3.8, 4) is 0 Å². The van der Waals surface area contributed by atoms with Crippen molar-refractivity contribution in [3.63, 3.8) is 0 Å². The van der Waals surface area contributed by atoms with Crippen molar-refractivity contribution in [1.82, 2.24) is 9.46 Å². The van der Waals surface area contributed by atoms with Crippen molar-refractivity contribution in [2.75, 3.05) is 20.7 Å². The molecule has 0 aliphatic heterocycles. The topological polar surface area (TPSA) is 89.7 Å². The molecule has 1 heterocycles. The van der Waals surface area contributed by atoms with E-state index in [0.29, 0.717) is 12.1 Å². The third-order valence-corrected chi connectivity index (χ3v) is 4.82. The van der Waals surface area contributed by atoms with Gasteiger partial charge in [0.25, 0.3) is 0 Å². The summed E-state index contributed by atoms with van der Waals surface area (Å²) in [5.74, 6) is -0.0968. The maximum atomic E-state index is 12.3. The molecule has 0 N–H and O–H groups in total. The minimum Gasteiger partial charge on any atom is -0.469 e. The van der Waals surface area contributed by atoms with Crippen LogP contribution < -0.4 is 0 Å². The number of hydrogen-bond donors (Lipinski definition) is 0. The third kappa shape index (κ3) is 3.54. The van der Waals surface area contributed by atoms with E-state index in [4.69, 9.17) is 4.52 Å². The highest BCUT2D eigenvalue weighted by Gasteiger charge is 2.28. The summed E-state index contributed by atoms with van der Waals surface area (Å²) in [6, 6.07) is 0. The summed E-state index contributed by atoms with van der Waals surface area (Å²) >= 11 is 0. The van der Waals surface area contributed by atoms with E-state index in [0.717, 1.165) is 0 Å². The van der Waals surface area contributed by atoms with Gasteiger partial charge in [0.15, 0.2) is 5.76 Å². The molecule has 0 amide bonds. The van der Waals surface area contributed by atoms with Crippen LogP contribution in [0.4, 0.5) is 0 Å². The van der Waals surface area contributed by atoms with Crippen LogP contribution in [0.3, 0.4) is 0 Å². The molecule has 1 aromatic rings. The first kappa shape index (κ1) is 15.6. The number of sulfonamides is 1. The number of carbonyl (C=O) groups is 1. The molecule has 0 unspecified atom stereocenters. The molecule has 19 heavy (non-hydrogen) atoms. The highest BCUT2D eigenvalue weighted by atomic mass is 32.2. The fourth-order valence-corrected chi connectivity index (χ4v) is 3.16. The number of hydrogen-bond acceptors (Lipinski definition) is 6. The summed E-state index contributed by atoms with van der Waals surface area (Å²) < 4.78 is 35.1. The second-order valence-corrected chi connectivity index (χ2v) is 6.14. The SMILES string of the molecule is COC(=O)CCCN(C)S(=O)(=O)c1c(C)noc1C. The number of ether oxygens (including phenoxy) is 1. The lowest BCUT2D eigenvalue weighted by molar-refractivity contribution is -0.140. The van der Waals surface area contributed by atoms with E-state index in [2.05, 4.69) is 9.89 Å². The smallest absolute Gasteiger partial charge is 0.305 e. The monoisotopic (exact) mass is 290 g/mol. The van der Waals surface area contributed by atoms with Crippen LogP contribution in [0.15, 0.2) is 9.42 Å². The Labute approximate surface area is 112 Å². The number of methoxy groups -OCH3 is 1. The lowest BCUT2D eigenvalue weighted by Crippen LogP contribution is -2.29. The molecule has 0 saturated carbocycles. The molecule has 0 radical (unpaired) electrons. The Morgan fingerprint density at radius 2 is 2.05 bits per heavy atom. The average molecular weight is 290 g/mol. The molecular weight excluding hydrogens is 272 g/mol. The number of carbonyl (C=O) groups excluding carboxylic acids is 1. The Balaban J connectivity index is 2.76. The fourth-order valence-electron chi connectivity index (χ4n) is 1.67. The second-order valence-electron chi connectivity index (χ2n) is 4.16. The summed E-state index contributed by atoms with van der Waals surface area (Å²) in [5, 5.41) is 3.63. The minimum atomic E-state index is -3.64. The number of aryl methyl sites for hydroxylation is 2. The minimum absolute atomic E-state index is 0.0908. The van der Waals surface area contributed by atoms with E-state index in [1.807, 2.05) is 0 Å². The molecule has 1 aromatic heterocycles. The molecule has 0 aromatic carbocycles. The van der Waals surface area contributed by atoms with Crippen molar-refractivity contribution in [1.29, 1.82) is 0 Å². The fraction of sp³-hybridized carbons (Fsp3) is 0.636. The van der Waals surface area contributed by atoms with Gasteiger partial charge in [-0.1, -0.05) is 5.16 Å². The predicted molar refractivity (Wildman–Crippen MR) is 67.0 cm³/mol. The van der Waals surface area contributed by atoms with Crippen LogP contribution >= 0.6 is 0 Å². The van der Waals surface area contributed by atoms with Gasteiger partial charge in [-0.05, 0) is 20.3 Å². The summed E-state index contributed by atoms with van der Waals surface area (Å²) in [4.78, 5) is 11.1. The van der Waals surface area contributed by atoms with Gasteiger partial charge in [-0.3, -0.25) is 4.79 Å². The molecule has 0 aliphatic carbocycles. The Hall–Kier alpha value is -1.41. The van der Waals surface area contributed by atoms with Crippen LogP contribution in [0.25, 0.3) is 0 Å². The summed E-state index contributed by atoms with van der Waals surface area (Å²) in [7, 11) is -0.882. The van der Waals surface area contributed by atoms with Crippen LogP contribution in [0.2, 0.25) is 0 Å². The van der Waals surface area contributed by atoms with Crippen molar-refractivity contribution in [2.24, 2.45) is 0 Å². The molecule has 7 nitrogen and oxygen atoms in total.